The topological polar surface area (TPSA) is 95.0 Å². The molecular weight excluding hydrogens is 635 g/mol. The van der Waals surface area contributed by atoms with E-state index in [1.54, 1.807) is 35.2 Å². The number of aromatic hydroxyl groups is 1. The SMILES string of the molecule is O=C1C2CC3C(=CCC4C(=O)N(C5CCCCC5)C(=O)C43)C(c3ccc(O)cc3Cl)C2(c2ccccc2)C(=O)N1c1cccc(Cl)c1. The molecule has 2 saturated carbocycles. The van der Waals surface area contributed by atoms with Crippen LogP contribution in [0.15, 0.2) is 84.4 Å². The van der Waals surface area contributed by atoms with Crippen molar-refractivity contribution in [2.24, 2.45) is 23.7 Å². The van der Waals surface area contributed by atoms with Crippen LogP contribution in [0.5, 0.6) is 5.75 Å². The fourth-order valence-corrected chi connectivity index (χ4v) is 10.0. The monoisotopic (exact) mass is 668 g/mol. The van der Waals surface area contributed by atoms with Gasteiger partial charge in [-0.1, -0.05) is 96.6 Å². The molecular formula is C38H34Cl2N2O5. The van der Waals surface area contributed by atoms with Crippen molar-refractivity contribution in [2.75, 3.05) is 4.90 Å². The van der Waals surface area contributed by atoms with Crippen molar-refractivity contribution in [2.45, 2.75) is 62.3 Å². The van der Waals surface area contributed by atoms with Crippen LogP contribution in [0.25, 0.3) is 0 Å². The van der Waals surface area contributed by atoms with Gasteiger partial charge in [0.15, 0.2) is 0 Å². The lowest BCUT2D eigenvalue weighted by molar-refractivity contribution is -0.143. The number of phenolic OH excluding ortho intramolecular Hbond substituents is 1. The van der Waals surface area contributed by atoms with E-state index in [1.165, 1.54) is 17.0 Å². The molecule has 0 aromatic heterocycles. The minimum absolute atomic E-state index is 0.0248. The Labute approximate surface area is 283 Å². The molecule has 3 aliphatic carbocycles. The molecule has 0 bridgehead atoms. The number of allylic oxidation sites excluding steroid dienone is 2. The average molecular weight is 670 g/mol. The molecule has 3 aromatic rings. The molecule has 2 aliphatic heterocycles. The Morgan fingerprint density at radius 1 is 0.787 bits per heavy atom. The third-order valence-electron chi connectivity index (χ3n) is 11.4. The second-order valence-electron chi connectivity index (χ2n) is 13.6. The summed E-state index contributed by atoms with van der Waals surface area (Å²) < 4.78 is 0. The van der Waals surface area contributed by atoms with Crippen LogP contribution < -0.4 is 4.90 Å². The number of anilines is 1. The third kappa shape index (κ3) is 4.39. The van der Waals surface area contributed by atoms with Gasteiger partial charge in [-0.05, 0) is 73.1 Å². The average Bonchev–Trinajstić information content (AvgIpc) is 3.46. The fourth-order valence-electron chi connectivity index (χ4n) is 9.56. The molecule has 0 radical (unpaired) electrons. The summed E-state index contributed by atoms with van der Waals surface area (Å²) in [6, 6.07) is 20.6. The molecule has 2 saturated heterocycles. The van der Waals surface area contributed by atoms with Crippen LogP contribution in [0, 0.1) is 23.7 Å². The van der Waals surface area contributed by atoms with E-state index in [0.717, 1.165) is 37.7 Å². The van der Waals surface area contributed by atoms with Gasteiger partial charge in [-0.25, -0.2) is 4.90 Å². The minimum atomic E-state index is -1.41. The molecule has 7 nitrogen and oxygen atoms in total. The number of rotatable bonds is 4. The number of nitrogens with zero attached hydrogens (tertiary/aromatic N) is 2. The van der Waals surface area contributed by atoms with Gasteiger partial charge in [-0.2, -0.15) is 0 Å². The zero-order valence-electron chi connectivity index (χ0n) is 25.6. The molecule has 240 valence electrons. The van der Waals surface area contributed by atoms with E-state index >= 15 is 4.79 Å². The van der Waals surface area contributed by atoms with E-state index in [0.29, 0.717) is 28.3 Å². The summed E-state index contributed by atoms with van der Waals surface area (Å²) >= 11 is 13.3. The summed E-state index contributed by atoms with van der Waals surface area (Å²) in [5.74, 6) is -4.25. The fraction of sp³-hybridized carbons (Fsp3) is 0.368. The van der Waals surface area contributed by atoms with Crippen molar-refractivity contribution < 1.29 is 24.3 Å². The number of halogens is 2. The number of carbonyl (C=O) groups excluding carboxylic acids is 4. The van der Waals surface area contributed by atoms with Crippen LogP contribution in [0.2, 0.25) is 10.0 Å². The molecule has 9 heteroatoms. The first-order valence-corrected chi connectivity index (χ1v) is 17.2. The quantitative estimate of drug-likeness (QED) is 0.234. The first-order valence-electron chi connectivity index (χ1n) is 16.5. The number of amides is 4. The molecule has 6 unspecified atom stereocenters. The smallest absolute Gasteiger partial charge is 0.246 e. The maximum absolute atomic E-state index is 15.2. The molecule has 3 aromatic carbocycles. The second-order valence-corrected chi connectivity index (χ2v) is 14.5. The van der Waals surface area contributed by atoms with E-state index in [4.69, 9.17) is 23.2 Å². The summed E-state index contributed by atoms with van der Waals surface area (Å²) in [5, 5.41) is 11.0. The van der Waals surface area contributed by atoms with Gasteiger partial charge in [0.2, 0.25) is 23.6 Å². The predicted octanol–water partition coefficient (Wildman–Crippen LogP) is 7.19. The Hall–Kier alpha value is -3.94. The lowest BCUT2D eigenvalue weighted by Crippen LogP contribution is -2.53. The number of fused-ring (bicyclic) bond motifs is 4. The van der Waals surface area contributed by atoms with Crippen molar-refractivity contribution in [3.8, 4) is 5.75 Å². The number of hydrogen-bond acceptors (Lipinski definition) is 5. The van der Waals surface area contributed by atoms with Crippen LogP contribution in [-0.4, -0.2) is 39.7 Å². The van der Waals surface area contributed by atoms with Gasteiger partial charge in [0.1, 0.15) is 5.75 Å². The summed E-state index contributed by atoms with van der Waals surface area (Å²) in [6.45, 7) is 0. The minimum Gasteiger partial charge on any atom is -0.508 e. The van der Waals surface area contributed by atoms with Crippen LogP contribution in [0.1, 0.15) is 62.0 Å². The Morgan fingerprint density at radius 2 is 1.55 bits per heavy atom. The van der Waals surface area contributed by atoms with Gasteiger partial charge < -0.3 is 5.11 Å². The van der Waals surface area contributed by atoms with Crippen molar-refractivity contribution in [1.82, 2.24) is 4.90 Å². The number of phenols is 1. The van der Waals surface area contributed by atoms with Crippen molar-refractivity contribution in [3.63, 3.8) is 0 Å². The van der Waals surface area contributed by atoms with E-state index < -0.39 is 40.9 Å². The molecule has 6 atom stereocenters. The standard InChI is InChI=1S/C38H34Cl2N2O5/c39-22-10-7-13-24(18-22)42-35(45)30-20-29-26(16-17-28-32(29)36(46)41(34(28)44)23-11-5-2-6-12-23)33(27-15-14-25(43)19-31(27)40)38(30,37(42)47)21-8-3-1-4-9-21/h1,3-4,7-10,13-16,18-19,23,28-30,32-33,43H,2,5-6,11-12,17,20H2. The van der Waals surface area contributed by atoms with Gasteiger partial charge >= 0.3 is 0 Å². The molecule has 47 heavy (non-hydrogen) atoms. The maximum Gasteiger partial charge on any atom is 0.246 e. The van der Waals surface area contributed by atoms with Crippen LogP contribution in [-0.2, 0) is 24.6 Å². The Kier molecular flexibility index (Phi) is 7.34. The summed E-state index contributed by atoms with van der Waals surface area (Å²) in [5.41, 5.74) is 1.06. The summed E-state index contributed by atoms with van der Waals surface area (Å²) in [7, 11) is 0. The Bertz CT molecular complexity index is 1850. The molecule has 2 heterocycles. The van der Waals surface area contributed by atoms with Crippen molar-refractivity contribution in [1.29, 1.82) is 0 Å². The Morgan fingerprint density at radius 3 is 2.28 bits per heavy atom. The van der Waals surface area contributed by atoms with E-state index in [-0.39, 0.29) is 41.0 Å². The van der Waals surface area contributed by atoms with Crippen LogP contribution in [0.3, 0.4) is 0 Å². The van der Waals surface area contributed by atoms with Crippen LogP contribution in [0.4, 0.5) is 5.69 Å². The summed E-state index contributed by atoms with van der Waals surface area (Å²) in [6.07, 6.45) is 7.34. The number of benzene rings is 3. The highest BCUT2D eigenvalue weighted by Gasteiger charge is 2.70. The molecule has 1 N–H and O–H groups in total. The number of hydrogen-bond donors (Lipinski definition) is 1. The maximum atomic E-state index is 15.2. The highest BCUT2D eigenvalue weighted by Crippen LogP contribution is 2.65. The number of carbonyl (C=O) groups is 4. The van der Waals surface area contributed by atoms with Gasteiger partial charge in [0, 0.05) is 22.0 Å². The largest absolute Gasteiger partial charge is 0.508 e. The van der Waals surface area contributed by atoms with E-state index in [2.05, 4.69) is 0 Å². The molecule has 8 rings (SSSR count). The van der Waals surface area contributed by atoms with Gasteiger partial charge in [0.25, 0.3) is 0 Å². The Balaban J connectivity index is 1.35. The van der Waals surface area contributed by atoms with E-state index in [9.17, 15) is 19.5 Å². The van der Waals surface area contributed by atoms with Gasteiger partial charge in [-0.3, -0.25) is 24.1 Å². The first kappa shape index (κ1) is 30.4. The first-order chi connectivity index (χ1) is 22.7. The lowest BCUT2D eigenvalue weighted by Gasteiger charge is -2.51. The molecule has 4 amide bonds. The van der Waals surface area contributed by atoms with E-state index in [1.807, 2.05) is 36.4 Å². The molecule has 5 aliphatic rings. The third-order valence-corrected chi connectivity index (χ3v) is 12.0. The highest BCUT2D eigenvalue weighted by molar-refractivity contribution is 6.33. The van der Waals surface area contributed by atoms with Gasteiger partial charge in [-0.15, -0.1) is 0 Å². The zero-order valence-corrected chi connectivity index (χ0v) is 27.2. The lowest BCUT2D eigenvalue weighted by atomic mass is 9.49. The zero-order chi connectivity index (χ0) is 32.6. The summed E-state index contributed by atoms with van der Waals surface area (Å²) in [4.78, 5) is 61.2. The second kappa shape index (κ2) is 11.3. The van der Waals surface area contributed by atoms with Gasteiger partial charge in [0.05, 0.1) is 28.9 Å². The number of likely N-dealkylation sites (tertiary alicyclic amines) is 1. The molecule has 0 spiro atoms. The molecule has 4 fully saturated rings. The predicted molar refractivity (Wildman–Crippen MR) is 178 cm³/mol. The number of imide groups is 2. The van der Waals surface area contributed by atoms with Crippen molar-refractivity contribution >= 4 is 52.5 Å². The van der Waals surface area contributed by atoms with Crippen molar-refractivity contribution in [3.05, 3.63) is 106 Å². The highest BCUT2D eigenvalue weighted by atomic mass is 35.5. The van der Waals surface area contributed by atoms with Crippen LogP contribution >= 0.6 is 23.2 Å². The normalized spacial score (nSPS) is 30.7.